The standard InChI is InChI=1S/C34H31N3O5S/c1-6-42-33(39)29-30(21-12-8-7-9-13-21)35-34-37(31(29)24-17-16-22(40-4)18-27(24)41-5)32(38)28(43-34)19-25-20(2)36(3)26-15-11-10-14-23(25)26/h7-19,31H,6H2,1-5H3. The summed E-state index contributed by atoms with van der Waals surface area (Å²) in [6.45, 7) is 3.97. The van der Waals surface area contributed by atoms with E-state index < -0.39 is 12.0 Å². The van der Waals surface area contributed by atoms with Crippen LogP contribution in [0.15, 0.2) is 88.2 Å². The molecule has 2 aromatic heterocycles. The number of methoxy groups -OCH3 is 2. The molecule has 0 amide bonds. The summed E-state index contributed by atoms with van der Waals surface area (Å²) in [5.74, 6) is 0.511. The van der Waals surface area contributed by atoms with Gasteiger partial charge >= 0.3 is 5.97 Å². The predicted molar refractivity (Wildman–Crippen MR) is 168 cm³/mol. The van der Waals surface area contributed by atoms with Gasteiger partial charge < -0.3 is 18.8 Å². The first-order chi connectivity index (χ1) is 20.9. The third kappa shape index (κ3) is 4.75. The van der Waals surface area contributed by atoms with Crippen molar-refractivity contribution in [2.24, 2.45) is 12.0 Å². The van der Waals surface area contributed by atoms with Gasteiger partial charge in [-0.3, -0.25) is 9.36 Å². The summed E-state index contributed by atoms with van der Waals surface area (Å²) >= 11 is 1.30. The molecule has 0 fully saturated rings. The molecule has 3 heterocycles. The van der Waals surface area contributed by atoms with Crippen LogP contribution in [0.25, 0.3) is 22.7 Å². The molecule has 0 saturated carbocycles. The van der Waals surface area contributed by atoms with E-state index in [9.17, 15) is 9.59 Å². The topological polar surface area (TPSA) is 84.1 Å². The van der Waals surface area contributed by atoms with E-state index in [1.54, 1.807) is 37.8 Å². The maximum absolute atomic E-state index is 14.4. The van der Waals surface area contributed by atoms with Gasteiger partial charge in [0.2, 0.25) is 0 Å². The van der Waals surface area contributed by atoms with Crippen LogP contribution in [-0.2, 0) is 16.6 Å². The quantitative estimate of drug-likeness (QED) is 0.254. The van der Waals surface area contributed by atoms with Crippen LogP contribution in [0.2, 0.25) is 0 Å². The van der Waals surface area contributed by atoms with Crippen molar-refractivity contribution in [2.45, 2.75) is 19.9 Å². The minimum Gasteiger partial charge on any atom is -0.497 e. The average Bonchev–Trinajstić information content (AvgIpc) is 3.48. The maximum atomic E-state index is 14.4. The van der Waals surface area contributed by atoms with E-state index in [4.69, 9.17) is 19.2 Å². The number of hydrogen-bond donors (Lipinski definition) is 0. The zero-order chi connectivity index (χ0) is 30.2. The average molecular weight is 594 g/mol. The van der Waals surface area contributed by atoms with Crippen molar-refractivity contribution in [3.05, 3.63) is 120 Å². The van der Waals surface area contributed by atoms with E-state index >= 15 is 0 Å². The molecule has 218 valence electrons. The van der Waals surface area contributed by atoms with Gasteiger partial charge in [-0.05, 0) is 38.1 Å². The molecule has 0 aliphatic carbocycles. The fraction of sp³-hybridized carbons (Fsp3) is 0.206. The molecule has 9 heteroatoms. The lowest BCUT2D eigenvalue weighted by Crippen LogP contribution is -2.40. The van der Waals surface area contributed by atoms with Gasteiger partial charge in [-0.2, -0.15) is 0 Å². The SMILES string of the molecule is CCOC(=O)C1=C(c2ccccc2)N=c2sc(=Cc3c(C)n(C)c4ccccc34)c(=O)n2C1c1ccc(OC)cc1OC. The lowest BCUT2D eigenvalue weighted by Gasteiger charge is -2.27. The molecule has 1 unspecified atom stereocenters. The molecule has 0 bridgehead atoms. The molecule has 1 aliphatic heterocycles. The highest BCUT2D eigenvalue weighted by atomic mass is 32.1. The second-order valence-electron chi connectivity index (χ2n) is 10.1. The Morgan fingerprint density at radius 1 is 1.02 bits per heavy atom. The third-order valence-electron chi connectivity index (χ3n) is 7.83. The van der Waals surface area contributed by atoms with E-state index in [2.05, 4.69) is 16.7 Å². The lowest BCUT2D eigenvalue weighted by atomic mass is 9.92. The van der Waals surface area contributed by atoms with E-state index in [0.29, 0.717) is 32.1 Å². The summed E-state index contributed by atoms with van der Waals surface area (Å²) in [7, 11) is 5.14. The number of fused-ring (bicyclic) bond motifs is 2. The highest BCUT2D eigenvalue weighted by Gasteiger charge is 2.37. The van der Waals surface area contributed by atoms with Gasteiger partial charge in [0.15, 0.2) is 4.80 Å². The first kappa shape index (κ1) is 28.2. The highest BCUT2D eigenvalue weighted by Crippen LogP contribution is 2.40. The Hall–Kier alpha value is -4.89. The molecule has 1 atom stereocenters. The normalized spacial score (nSPS) is 14.9. The molecule has 43 heavy (non-hydrogen) atoms. The summed E-state index contributed by atoms with van der Waals surface area (Å²) < 4.78 is 21.0. The van der Waals surface area contributed by atoms with E-state index in [-0.39, 0.29) is 17.7 Å². The second-order valence-corrected chi connectivity index (χ2v) is 11.1. The lowest BCUT2D eigenvalue weighted by molar-refractivity contribution is -0.138. The second kappa shape index (κ2) is 11.4. The first-order valence-corrected chi connectivity index (χ1v) is 14.7. The van der Waals surface area contributed by atoms with Crippen molar-refractivity contribution in [3.8, 4) is 11.5 Å². The number of nitrogens with zero attached hydrogens (tertiary/aromatic N) is 3. The maximum Gasteiger partial charge on any atom is 0.338 e. The van der Waals surface area contributed by atoms with Gasteiger partial charge in [-0.1, -0.05) is 59.9 Å². The van der Waals surface area contributed by atoms with Crippen LogP contribution in [0.1, 0.15) is 35.3 Å². The fourth-order valence-corrected chi connectivity index (χ4v) is 6.63. The smallest absolute Gasteiger partial charge is 0.338 e. The number of hydrogen-bond acceptors (Lipinski definition) is 7. The Morgan fingerprint density at radius 2 is 1.77 bits per heavy atom. The number of ether oxygens (including phenoxy) is 3. The largest absolute Gasteiger partial charge is 0.497 e. The van der Waals surface area contributed by atoms with Crippen LogP contribution < -0.4 is 24.4 Å². The zero-order valence-electron chi connectivity index (χ0n) is 24.6. The number of para-hydroxylation sites is 1. The highest BCUT2D eigenvalue weighted by molar-refractivity contribution is 7.07. The summed E-state index contributed by atoms with van der Waals surface area (Å²) in [4.78, 5) is 33.6. The molecule has 0 N–H and O–H groups in total. The molecular weight excluding hydrogens is 562 g/mol. The van der Waals surface area contributed by atoms with Crippen LogP contribution in [0, 0.1) is 6.92 Å². The van der Waals surface area contributed by atoms with Crippen molar-refractivity contribution in [1.82, 2.24) is 9.13 Å². The molecule has 5 aromatic rings. The van der Waals surface area contributed by atoms with Gasteiger partial charge in [0, 0.05) is 46.4 Å². The van der Waals surface area contributed by atoms with Gasteiger partial charge in [0.05, 0.1) is 36.6 Å². The number of thiazole rings is 1. The molecule has 6 rings (SSSR count). The Kier molecular flexibility index (Phi) is 7.50. The number of esters is 1. The van der Waals surface area contributed by atoms with E-state index in [0.717, 1.165) is 27.7 Å². The van der Waals surface area contributed by atoms with Crippen LogP contribution in [0.3, 0.4) is 0 Å². The van der Waals surface area contributed by atoms with Crippen LogP contribution in [0.5, 0.6) is 11.5 Å². The summed E-state index contributed by atoms with van der Waals surface area (Å²) in [5, 5.41) is 1.05. The van der Waals surface area contributed by atoms with Crippen LogP contribution in [-0.4, -0.2) is 35.9 Å². The van der Waals surface area contributed by atoms with Crippen molar-refractivity contribution < 1.29 is 19.0 Å². The summed E-state index contributed by atoms with van der Waals surface area (Å²) in [6.07, 6.45) is 1.93. The zero-order valence-corrected chi connectivity index (χ0v) is 25.4. The fourth-order valence-electron chi connectivity index (χ4n) is 5.64. The van der Waals surface area contributed by atoms with Crippen molar-refractivity contribution in [3.63, 3.8) is 0 Å². The summed E-state index contributed by atoms with van der Waals surface area (Å²) in [5.41, 5.74) is 4.90. The number of rotatable bonds is 7. The van der Waals surface area contributed by atoms with E-state index in [1.165, 1.54) is 11.3 Å². The Balaban J connectivity index is 1.70. The number of benzene rings is 3. The monoisotopic (exact) mass is 593 g/mol. The van der Waals surface area contributed by atoms with Crippen molar-refractivity contribution in [2.75, 3.05) is 20.8 Å². The molecule has 0 radical (unpaired) electrons. The Morgan fingerprint density at radius 3 is 2.49 bits per heavy atom. The number of aromatic nitrogens is 2. The molecule has 0 spiro atoms. The van der Waals surface area contributed by atoms with Crippen molar-refractivity contribution in [1.29, 1.82) is 0 Å². The third-order valence-corrected chi connectivity index (χ3v) is 8.82. The molecule has 3 aromatic carbocycles. The van der Waals surface area contributed by atoms with Gasteiger partial charge in [0.1, 0.15) is 17.5 Å². The van der Waals surface area contributed by atoms with Crippen molar-refractivity contribution >= 4 is 40.0 Å². The van der Waals surface area contributed by atoms with Gasteiger partial charge in [-0.15, -0.1) is 0 Å². The number of aryl methyl sites for hydroxylation is 1. The molecule has 8 nitrogen and oxygen atoms in total. The molecular formula is C34H31N3O5S. The van der Waals surface area contributed by atoms with Crippen LogP contribution in [0.4, 0.5) is 0 Å². The Bertz CT molecular complexity index is 2090. The van der Waals surface area contributed by atoms with Gasteiger partial charge in [0.25, 0.3) is 5.56 Å². The predicted octanol–water partition coefficient (Wildman–Crippen LogP) is 4.75. The molecule has 0 saturated heterocycles. The minimum atomic E-state index is -0.859. The number of carbonyl (C=O) groups excluding carboxylic acids is 1. The Labute approximate surface area is 252 Å². The van der Waals surface area contributed by atoms with Crippen LogP contribution >= 0.6 is 11.3 Å². The summed E-state index contributed by atoms with van der Waals surface area (Å²) in [6, 6.07) is 22.1. The minimum absolute atomic E-state index is 0.168. The van der Waals surface area contributed by atoms with E-state index in [1.807, 2.05) is 68.6 Å². The van der Waals surface area contributed by atoms with Gasteiger partial charge in [-0.25, -0.2) is 9.79 Å². The number of carbonyl (C=O) groups is 1. The first-order valence-electron chi connectivity index (χ1n) is 13.9. The molecule has 1 aliphatic rings.